The third-order valence-corrected chi connectivity index (χ3v) is 5.20. The molecule has 2 aromatic carbocycles. The first-order valence-electron chi connectivity index (χ1n) is 9.74. The number of morpholine rings is 1. The number of halogens is 3. The molecule has 0 saturated carbocycles. The Hall–Kier alpha value is -1.82. The third-order valence-electron chi connectivity index (χ3n) is 5.20. The van der Waals surface area contributed by atoms with Crippen LogP contribution in [0.25, 0.3) is 11.0 Å². The fraction of sp³-hybridized carbons (Fsp3) is 0.381. The molecule has 1 fully saturated rings. The van der Waals surface area contributed by atoms with E-state index in [1.54, 1.807) is 4.90 Å². The van der Waals surface area contributed by atoms with Gasteiger partial charge < -0.3 is 50.9 Å². The summed E-state index contributed by atoms with van der Waals surface area (Å²) in [6.07, 6.45) is 1.15. The zero-order valence-electron chi connectivity index (χ0n) is 17.8. The van der Waals surface area contributed by atoms with Crippen molar-refractivity contribution < 1.29 is 60.6 Å². The fourth-order valence-electron chi connectivity index (χ4n) is 3.68. The standard InChI is InChI=1S/C21H25FN4O.2ClH.3H2O/c22-18-8-6-17(7-9-18)16-26-20-5-2-1-4-19(20)24-21(26)23-10-3-11-25-12-14-27-15-13-25;;;;;/h1-2,4-9H,3,10-16H2,(H,23,24);2*1H;3*1H2. The molecule has 1 aromatic heterocycles. The number of hydrogen-bond acceptors (Lipinski definition) is 2. The molecule has 1 saturated heterocycles. The quantitative estimate of drug-likeness (QED) is 0.314. The van der Waals surface area contributed by atoms with Crippen LogP contribution in [0.5, 0.6) is 0 Å². The molecule has 182 valence electrons. The van der Waals surface area contributed by atoms with E-state index in [4.69, 9.17) is 9.72 Å². The number of para-hydroxylation sites is 2. The summed E-state index contributed by atoms with van der Waals surface area (Å²) in [5, 5.41) is 2.24. The average molecular weight is 495 g/mol. The van der Waals surface area contributed by atoms with Crippen molar-refractivity contribution in [2.75, 3.05) is 39.4 Å². The Morgan fingerprint density at radius 2 is 1.62 bits per heavy atom. The molecular formula is C21H33Cl2FN4O4. The fourth-order valence-corrected chi connectivity index (χ4v) is 3.68. The van der Waals surface area contributed by atoms with Gasteiger partial charge in [0.2, 0.25) is 0 Å². The SMILES string of the molecule is Fc1ccc(Cn2c([NH2+]CCC[NH+]3CCOCC3)nc3ccccc32)cc1.O.O.O.[Cl-].[Cl-]. The molecule has 32 heavy (non-hydrogen) atoms. The van der Waals surface area contributed by atoms with Crippen LogP contribution < -0.4 is 35.0 Å². The Morgan fingerprint density at radius 1 is 0.969 bits per heavy atom. The number of aromatic nitrogens is 2. The highest BCUT2D eigenvalue weighted by atomic mass is 35.5. The second-order valence-electron chi connectivity index (χ2n) is 7.13. The van der Waals surface area contributed by atoms with Crippen LogP contribution in [0, 0.1) is 5.82 Å². The van der Waals surface area contributed by atoms with Gasteiger partial charge in [-0.3, -0.25) is 9.88 Å². The third kappa shape index (κ3) is 8.27. The van der Waals surface area contributed by atoms with Gasteiger partial charge in [-0.1, -0.05) is 24.3 Å². The van der Waals surface area contributed by atoms with Crippen LogP contribution in [0.3, 0.4) is 0 Å². The van der Waals surface area contributed by atoms with E-state index < -0.39 is 0 Å². The van der Waals surface area contributed by atoms with Gasteiger partial charge in [0.15, 0.2) is 0 Å². The number of rotatable bonds is 7. The lowest BCUT2D eigenvalue weighted by Gasteiger charge is -2.23. The molecule has 9 N–H and O–H groups in total. The molecule has 0 amide bonds. The minimum Gasteiger partial charge on any atom is -1.00 e. The Kier molecular flexibility index (Phi) is 16.1. The van der Waals surface area contributed by atoms with Crippen molar-refractivity contribution >= 4 is 17.0 Å². The maximum Gasteiger partial charge on any atom is 0.307 e. The van der Waals surface area contributed by atoms with E-state index >= 15 is 0 Å². The Labute approximate surface area is 199 Å². The predicted octanol–water partition coefficient (Wildman–Crippen LogP) is -7.74. The van der Waals surface area contributed by atoms with Crippen molar-refractivity contribution in [3.8, 4) is 0 Å². The topological polar surface area (TPSA) is 143 Å². The van der Waals surface area contributed by atoms with Crippen LogP contribution in [-0.2, 0) is 11.3 Å². The molecule has 0 atom stereocenters. The van der Waals surface area contributed by atoms with Gasteiger partial charge in [-0.2, -0.15) is 4.98 Å². The molecule has 0 spiro atoms. The normalized spacial score (nSPS) is 13.0. The lowest BCUT2D eigenvalue weighted by Crippen LogP contribution is -3.14. The smallest absolute Gasteiger partial charge is 0.307 e. The van der Waals surface area contributed by atoms with E-state index in [0.717, 1.165) is 61.8 Å². The first-order chi connectivity index (χ1) is 13.3. The number of imidazole rings is 1. The number of benzene rings is 2. The summed E-state index contributed by atoms with van der Waals surface area (Å²) < 4.78 is 20.9. The molecule has 0 unspecified atom stereocenters. The van der Waals surface area contributed by atoms with E-state index in [9.17, 15) is 4.39 Å². The number of ether oxygens (including phenoxy) is 1. The minimum atomic E-state index is -0.202. The maximum atomic E-state index is 13.2. The Bertz CT molecular complexity index is 893. The molecule has 2 heterocycles. The highest BCUT2D eigenvalue weighted by Gasteiger charge is 2.16. The maximum absolute atomic E-state index is 13.2. The van der Waals surface area contributed by atoms with Gasteiger partial charge in [0.25, 0.3) is 0 Å². The van der Waals surface area contributed by atoms with Gasteiger partial charge in [0.05, 0.1) is 43.9 Å². The summed E-state index contributed by atoms with van der Waals surface area (Å²) in [5.41, 5.74) is 3.20. The average Bonchev–Trinajstić information content (AvgIpc) is 3.05. The highest BCUT2D eigenvalue weighted by molar-refractivity contribution is 5.77. The molecular weight excluding hydrogens is 462 g/mol. The summed E-state index contributed by atoms with van der Waals surface area (Å²) in [4.78, 5) is 6.45. The van der Waals surface area contributed by atoms with E-state index in [2.05, 4.69) is 16.0 Å². The van der Waals surface area contributed by atoms with Crippen LogP contribution in [-0.4, -0.2) is 65.4 Å². The number of hydrogen-bond donors (Lipinski definition) is 2. The first-order valence-corrected chi connectivity index (χ1v) is 9.74. The molecule has 4 rings (SSSR count). The van der Waals surface area contributed by atoms with Crippen molar-refractivity contribution in [1.82, 2.24) is 9.55 Å². The summed E-state index contributed by atoms with van der Waals surface area (Å²) in [7, 11) is 0. The lowest BCUT2D eigenvalue weighted by atomic mass is 10.2. The zero-order valence-corrected chi connectivity index (χ0v) is 19.3. The van der Waals surface area contributed by atoms with Crippen LogP contribution in [0.4, 0.5) is 10.3 Å². The highest BCUT2D eigenvalue weighted by Crippen LogP contribution is 2.18. The first kappa shape index (κ1) is 32.4. The van der Waals surface area contributed by atoms with Gasteiger partial charge >= 0.3 is 5.95 Å². The number of nitrogens with zero attached hydrogens (tertiary/aromatic N) is 2. The van der Waals surface area contributed by atoms with Gasteiger partial charge in [0, 0.05) is 6.42 Å². The second-order valence-corrected chi connectivity index (χ2v) is 7.13. The monoisotopic (exact) mass is 494 g/mol. The summed E-state index contributed by atoms with van der Waals surface area (Å²) in [6, 6.07) is 14.9. The van der Waals surface area contributed by atoms with Crippen LogP contribution >= 0.6 is 0 Å². The van der Waals surface area contributed by atoms with E-state index in [1.165, 1.54) is 18.7 Å². The predicted molar refractivity (Wildman–Crippen MR) is 114 cm³/mol. The molecule has 0 bridgehead atoms. The largest absolute Gasteiger partial charge is 1.00 e. The van der Waals surface area contributed by atoms with Crippen LogP contribution in [0.15, 0.2) is 48.5 Å². The molecule has 11 heteroatoms. The number of nitrogens with one attached hydrogen (secondary N) is 1. The van der Waals surface area contributed by atoms with Gasteiger partial charge in [-0.15, -0.1) is 0 Å². The summed E-state index contributed by atoms with van der Waals surface area (Å²) in [6.45, 7) is 6.88. The van der Waals surface area contributed by atoms with E-state index in [-0.39, 0.29) is 47.1 Å². The van der Waals surface area contributed by atoms with Crippen molar-refractivity contribution in [2.45, 2.75) is 13.0 Å². The Balaban J connectivity index is 0. The summed E-state index contributed by atoms with van der Waals surface area (Å²) in [5.74, 6) is 0.796. The van der Waals surface area contributed by atoms with Gasteiger partial charge in [0.1, 0.15) is 18.9 Å². The van der Waals surface area contributed by atoms with Crippen molar-refractivity contribution in [3.63, 3.8) is 0 Å². The molecule has 0 aliphatic carbocycles. The number of fused-ring (bicyclic) bond motifs is 1. The zero-order chi connectivity index (χ0) is 18.5. The van der Waals surface area contributed by atoms with E-state index in [0.29, 0.717) is 6.54 Å². The van der Waals surface area contributed by atoms with Gasteiger partial charge in [-0.05, 0) is 29.8 Å². The van der Waals surface area contributed by atoms with Crippen molar-refractivity contribution in [2.24, 2.45) is 0 Å². The molecule has 1 aliphatic rings. The van der Waals surface area contributed by atoms with Crippen molar-refractivity contribution in [3.05, 3.63) is 59.9 Å². The molecule has 3 aromatic rings. The second kappa shape index (κ2) is 15.9. The summed E-state index contributed by atoms with van der Waals surface area (Å²) >= 11 is 0. The molecule has 0 radical (unpaired) electrons. The number of nitrogens with two attached hydrogens (primary N) is 1. The van der Waals surface area contributed by atoms with Crippen LogP contribution in [0.1, 0.15) is 12.0 Å². The Morgan fingerprint density at radius 3 is 2.31 bits per heavy atom. The number of quaternary nitrogens is 2. The van der Waals surface area contributed by atoms with Crippen molar-refractivity contribution in [1.29, 1.82) is 0 Å². The molecule has 1 aliphatic heterocycles. The van der Waals surface area contributed by atoms with E-state index in [1.807, 2.05) is 30.3 Å². The molecule has 8 nitrogen and oxygen atoms in total. The van der Waals surface area contributed by atoms with Gasteiger partial charge in [-0.25, -0.2) is 4.39 Å². The van der Waals surface area contributed by atoms with Crippen LogP contribution in [0.2, 0.25) is 0 Å². The minimum absolute atomic E-state index is 0. The lowest BCUT2D eigenvalue weighted by molar-refractivity contribution is -0.909.